The minimum atomic E-state index is -0.809. The van der Waals surface area contributed by atoms with Crippen molar-refractivity contribution < 1.29 is 72.3 Å². The minimum absolute atomic E-state index is 0.0161. The van der Waals surface area contributed by atoms with E-state index in [1.165, 1.54) is 0 Å². The summed E-state index contributed by atoms with van der Waals surface area (Å²) in [4.78, 5) is 33.5. The summed E-state index contributed by atoms with van der Waals surface area (Å²) in [7, 11) is 0. The molecule has 0 radical (unpaired) electrons. The molecule has 6 aliphatic heterocycles. The number of hydrogen-bond acceptors (Lipinski definition) is 15. The molecule has 6 fully saturated rings. The molecule has 15 heteroatoms. The van der Waals surface area contributed by atoms with E-state index in [-0.39, 0.29) is 67.7 Å². The van der Waals surface area contributed by atoms with Crippen LogP contribution in [-0.2, 0) is 57.0 Å². The van der Waals surface area contributed by atoms with Crippen molar-refractivity contribution in [1.82, 2.24) is 0 Å². The second-order valence-corrected chi connectivity index (χ2v) is 14.0. The highest BCUT2D eigenvalue weighted by Gasteiger charge is 2.54. The second-order valence-electron chi connectivity index (χ2n) is 14.0. The molecule has 50 heavy (non-hydrogen) atoms. The van der Waals surface area contributed by atoms with Gasteiger partial charge in [-0.3, -0.25) is 9.59 Å². The van der Waals surface area contributed by atoms with Crippen molar-refractivity contribution in [2.24, 2.45) is 11.8 Å². The number of aliphatic hydroxyl groups excluding tert-OH is 3. The van der Waals surface area contributed by atoms with E-state index in [1.54, 1.807) is 13.8 Å². The average molecular weight is 717 g/mol. The summed E-state index contributed by atoms with van der Waals surface area (Å²) in [5, 5.41) is 27.2. The molecule has 0 saturated carbocycles. The summed E-state index contributed by atoms with van der Waals surface area (Å²) in [6.45, 7) is 8.60. The summed E-state index contributed by atoms with van der Waals surface area (Å²) in [6, 6.07) is 0. The lowest BCUT2D eigenvalue weighted by molar-refractivity contribution is -0.218. The van der Waals surface area contributed by atoms with Gasteiger partial charge in [0.15, 0.2) is 18.4 Å². The maximum atomic E-state index is 11.5. The molecule has 0 bridgehead atoms. The van der Waals surface area contributed by atoms with Gasteiger partial charge in [-0.25, -0.2) is 0 Å². The lowest BCUT2D eigenvalue weighted by atomic mass is 9.94. The van der Waals surface area contributed by atoms with E-state index in [9.17, 15) is 19.5 Å². The van der Waals surface area contributed by atoms with Crippen molar-refractivity contribution in [1.29, 1.82) is 0 Å². The van der Waals surface area contributed by atoms with Crippen LogP contribution in [0.1, 0.15) is 79.1 Å². The first-order chi connectivity index (χ1) is 23.9. The number of allylic oxidation sites excluding steroid dienone is 2. The molecule has 6 rings (SSSR count). The quantitative estimate of drug-likeness (QED) is 0.150. The van der Waals surface area contributed by atoms with Gasteiger partial charge in [-0.1, -0.05) is 12.2 Å². The van der Waals surface area contributed by atoms with Crippen LogP contribution in [0.5, 0.6) is 0 Å². The normalized spacial score (nSPS) is 37.0. The number of ether oxygens (including phenoxy) is 9. The molecule has 0 aliphatic carbocycles. The number of aldehydes is 1. The number of hydrogen-bond donors (Lipinski definition) is 3. The maximum absolute atomic E-state index is 11.5. The molecule has 6 heterocycles. The molecule has 0 amide bonds. The molecule has 286 valence electrons. The van der Waals surface area contributed by atoms with Gasteiger partial charge in [0.2, 0.25) is 0 Å². The van der Waals surface area contributed by atoms with Crippen LogP contribution in [0, 0.1) is 11.8 Å². The standard InChI is InChI=1S/C20H32O6.C8H14O5.C7H10O4/c1-15(2)25-19(22)10-6-4-3-5-9-16-17(13-21)24-14-18(16)26-20-11-7-8-12-23-20;1-8(2)12-6-5(10)4(3-9)11-7(6)13-8;8-2-5-4-1-7(9)11-6(4)3-10-5/h3-4,13,15-18,20H,5-12,14H2,1-2H3;4-7,9-10H,3H2,1-2H3;4-6,8H,1-3H2/b4-3-;;/t16?,17-,18?,20?;4-,5+,6?,7?;4-,5-,6+/m111/s1. The predicted molar refractivity (Wildman–Crippen MR) is 173 cm³/mol. The zero-order valence-corrected chi connectivity index (χ0v) is 29.6. The molecular weight excluding hydrogens is 660 g/mol. The first kappa shape index (κ1) is 40.7. The maximum Gasteiger partial charge on any atom is 0.306 e. The third-order valence-electron chi connectivity index (χ3n) is 9.26. The number of carbonyl (C=O) groups excluding carboxylic acids is 3. The Kier molecular flexibility index (Phi) is 16.0. The number of esters is 2. The van der Waals surface area contributed by atoms with Crippen LogP contribution in [0.2, 0.25) is 0 Å². The van der Waals surface area contributed by atoms with Crippen molar-refractivity contribution in [2.45, 2.75) is 146 Å². The fourth-order valence-corrected chi connectivity index (χ4v) is 6.75. The van der Waals surface area contributed by atoms with Gasteiger partial charge in [0.05, 0.1) is 51.2 Å². The Morgan fingerprint density at radius 3 is 2.44 bits per heavy atom. The minimum Gasteiger partial charge on any atom is -0.463 e. The van der Waals surface area contributed by atoms with Gasteiger partial charge < -0.3 is 62.7 Å². The van der Waals surface area contributed by atoms with E-state index in [4.69, 9.17) is 52.8 Å². The highest BCUT2D eigenvalue weighted by molar-refractivity contribution is 5.72. The molecule has 6 saturated heterocycles. The lowest BCUT2D eigenvalue weighted by Gasteiger charge is -2.28. The molecular formula is C35H56O15. The third-order valence-corrected chi connectivity index (χ3v) is 9.26. The molecule has 5 unspecified atom stereocenters. The SMILES string of the molecule is CC(C)OC(=O)CC/C=C\CCC1C(OC2CCCCO2)CO[C@@H]1C=O.CC1(C)OC2O[C@H](CO)[C@H](O)C2O1.O=C1C[C@H]2[C@H](CO[C@@H]2CO)O1. The first-order valence-electron chi connectivity index (χ1n) is 17.8. The van der Waals surface area contributed by atoms with Gasteiger partial charge in [-0.15, -0.1) is 0 Å². The van der Waals surface area contributed by atoms with Crippen molar-refractivity contribution in [3.05, 3.63) is 12.2 Å². The van der Waals surface area contributed by atoms with Crippen LogP contribution in [0.3, 0.4) is 0 Å². The van der Waals surface area contributed by atoms with Crippen molar-refractivity contribution in [3.8, 4) is 0 Å². The van der Waals surface area contributed by atoms with Gasteiger partial charge in [-0.2, -0.15) is 0 Å². The number of fused-ring (bicyclic) bond motifs is 2. The topological polar surface area (TPSA) is 195 Å². The van der Waals surface area contributed by atoms with E-state index in [0.29, 0.717) is 32.5 Å². The zero-order valence-electron chi connectivity index (χ0n) is 29.6. The molecule has 0 aromatic rings. The molecule has 3 N–H and O–H groups in total. The number of carbonyl (C=O) groups is 3. The summed E-state index contributed by atoms with van der Waals surface area (Å²) >= 11 is 0. The van der Waals surface area contributed by atoms with Gasteiger partial charge in [-0.05, 0) is 66.2 Å². The largest absolute Gasteiger partial charge is 0.463 e. The number of aliphatic hydroxyl groups is 3. The van der Waals surface area contributed by atoms with E-state index < -0.39 is 36.5 Å². The van der Waals surface area contributed by atoms with Crippen LogP contribution in [0.15, 0.2) is 12.2 Å². The monoisotopic (exact) mass is 716 g/mol. The summed E-state index contributed by atoms with van der Waals surface area (Å²) < 4.78 is 48.5. The first-order valence-corrected chi connectivity index (χ1v) is 17.8. The van der Waals surface area contributed by atoms with E-state index >= 15 is 0 Å². The molecule has 15 nitrogen and oxygen atoms in total. The Hall–Kier alpha value is -2.05. The van der Waals surface area contributed by atoms with Crippen molar-refractivity contribution >= 4 is 18.2 Å². The van der Waals surface area contributed by atoms with Crippen LogP contribution >= 0.6 is 0 Å². The smallest absolute Gasteiger partial charge is 0.306 e. The van der Waals surface area contributed by atoms with Crippen molar-refractivity contribution in [2.75, 3.05) is 33.0 Å². The highest BCUT2D eigenvalue weighted by atomic mass is 16.8. The van der Waals surface area contributed by atoms with Crippen LogP contribution in [0.25, 0.3) is 0 Å². The highest BCUT2D eigenvalue weighted by Crippen LogP contribution is 2.37. The molecule has 6 aliphatic rings. The Bertz CT molecular complexity index is 1090. The van der Waals surface area contributed by atoms with Crippen molar-refractivity contribution in [3.63, 3.8) is 0 Å². The summed E-state index contributed by atoms with van der Waals surface area (Å²) in [6.07, 6.45) is 7.65. The molecule has 0 aromatic heterocycles. The van der Waals surface area contributed by atoms with Crippen LogP contribution in [-0.4, -0.2) is 134 Å². The Morgan fingerprint density at radius 1 is 1.02 bits per heavy atom. The Morgan fingerprint density at radius 2 is 1.78 bits per heavy atom. The Balaban J connectivity index is 0.000000192. The molecule has 11 atom stereocenters. The lowest BCUT2D eigenvalue weighted by Crippen LogP contribution is -2.36. The Labute approximate surface area is 293 Å². The van der Waals surface area contributed by atoms with E-state index in [2.05, 4.69) is 6.08 Å². The predicted octanol–water partition coefficient (Wildman–Crippen LogP) is 1.71. The van der Waals surface area contributed by atoms with Crippen LogP contribution in [0.4, 0.5) is 0 Å². The molecule has 0 spiro atoms. The van der Waals surface area contributed by atoms with Gasteiger partial charge >= 0.3 is 11.9 Å². The van der Waals surface area contributed by atoms with E-state index in [0.717, 1.165) is 45.0 Å². The molecule has 0 aromatic carbocycles. The number of rotatable bonds is 12. The van der Waals surface area contributed by atoms with Gasteiger partial charge in [0.25, 0.3) is 0 Å². The fourth-order valence-electron chi connectivity index (χ4n) is 6.75. The van der Waals surface area contributed by atoms with E-state index in [1.807, 2.05) is 19.9 Å². The third kappa shape index (κ3) is 11.7. The fraction of sp³-hybridized carbons (Fsp3) is 0.857. The van der Waals surface area contributed by atoms with Gasteiger partial charge in [0.1, 0.15) is 36.8 Å². The average Bonchev–Trinajstić information content (AvgIpc) is 3.87. The summed E-state index contributed by atoms with van der Waals surface area (Å²) in [5.74, 6) is -0.907. The zero-order chi connectivity index (χ0) is 36.3. The summed E-state index contributed by atoms with van der Waals surface area (Å²) in [5.41, 5.74) is 0. The van der Waals surface area contributed by atoms with Crippen LogP contribution < -0.4 is 0 Å². The second kappa shape index (κ2) is 19.7. The van der Waals surface area contributed by atoms with Gasteiger partial charge in [0, 0.05) is 24.9 Å².